The zero-order chi connectivity index (χ0) is 26.6. The maximum atomic E-state index is 13.5. The lowest BCUT2D eigenvalue weighted by Crippen LogP contribution is -2.56. The van der Waals surface area contributed by atoms with Crippen molar-refractivity contribution in [1.29, 1.82) is 0 Å². The van der Waals surface area contributed by atoms with Crippen molar-refractivity contribution in [2.75, 3.05) is 24.2 Å². The zero-order valence-electron chi connectivity index (χ0n) is 21.3. The minimum Gasteiger partial charge on any atom is -0.389 e. The Labute approximate surface area is 218 Å². The van der Waals surface area contributed by atoms with Gasteiger partial charge in [0.1, 0.15) is 5.78 Å². The normalized spacial score (nSPS) is 20.0. The average Bonchev–Trinajstić information content (AvgIpc) is 3.70. The minimum atomic E-state index is -3.53. The fourth-order valence-electron chi connectivity index (χ4n) is 4.49. The molecule has 0 spiro atoms. The van der Waals surface area contributed by atoms with Gasteiger partial charge in [0.25, 0.3) is 5.91 Å². The molecule has 0 radical (unpaired) electrons. The van der Waals surface area contributed by atoms with E-state index in [0.717, 1.165) is 34.5 Å². The first-order valence-electron chi connectivity index (χ1n) is 12.7. The van der Waals surface area contributed by atoms with Crippen molar-refractivity contribution in [3.8, 4) is 0 Å². The molecule has 0 aromatic heterocycles. The molecule has 0 bridgehead atoms. The van der Waals surface area contributed by atoms with E-state index >= 15 is 0 Å². The number of hydrogen-bond donors (Lipinski definition) is 3. The van der Waals surface area contributed by atoms with Crippen LogP contribution in [0.3, 0.4) is 0 Å². The van der Waals surface area contributed by atoms with Crippen molar-refractivity contribution in [1.82, 2.24) is 10.6 Å². The van der Waals surface area contributed by atoms with Crippen molar-refractivity contribution < 1.29 is 23.1 Å². The largest absolute Gasteiger partial charge is 0.389 e. The molecule has 9 heteroatoms. The SMILES string of the molecule is CN(c1cc(/C=C/C2CC2)cc(C(=O)NC(Cc2ccccc2)C(O)C2CC(=O)CCN2)c1)S(C)(=O)=O. The number of hydrogen-bond acceptors (Lipinski definition) is 6. The van der Waals surface area contributed by atoms with Crippen LogP contribution in [0.4, 0.5) is 5.69 Å². The van der Waals surface area contributed by atoms with Gasteiger partial charge in [-0.3, -0.25) is 13.9 Å². The molecule has 3 unspecified atom stereocenters. The summed E-state index contributed by atoms with van der Waals surface area (Å²) in [5.74, 6) is 0.174. The van der Waals surface area contributed by atoms with Crippen LogP contribution in [0.1, 0.15) is 47.2 Å². The number of benzene rings is 2. The van der Waals surface area contributed by atoms with Crippen LogP contribution in [0.15, 0.2) is 54.6 Å². The van der Waals surface area contributed by atoms with Crippen LogP contribution in [0.25, 0.3) is 6.08 Å². The topological polar surface area (TPSA) is 116 Å². The highest BCUT2D eigenvalue weighted by atomic mass is 32.2. The Morgan fingerprint density at radius 2 is 1.95 bits per heavy atom. The summed E-state index contributed by atoms with van der Waals surface area (Å²) in [5, 5.41) is 17.4. The number of amides is 1. The molecular weight excluding hydrogens is 490 g/mol. The third-order valence-electron chi connectivity index (χ3n) is 6.94. The summed E-state index contributed by atoms with van der Waals surface area (Å²) in [6.07, 6.45) is 7.37. The van der Waals surface area contributed by atoms with Crippen molar-refractivity contribution >= 4 is 33.5 Å². The van der Waals surface area contributed by atoms with Crippen LogP contribution in [0.5, 0.6) is 0 Å². The molecule has 2 aromatic carbocycles. The van der Waals surface area contributed by atoms with E-state index < -0.39 is 34.1 Å². The van der Waals surface area contributed by atoms with E-state index in [2.05, 4.69) is 16.7 Å². The van der Waals surface area contributed by atoms with E-state index in [0.29, 0.717) is 36.6 Å². The molecule has 37 heavy (non-hydrogen) atoms. The number of rotatable bonds is 10. The van der Waals surface area contributed by atoms with Crippen molar-refractivity contribution in [3.63, 3.8) is 0 Å². The molecule has 3 atom stereocenters. The fraction of sp³-hybridized carbons (Fsp3) is 0.429. The number of nitrogens with one attached hydrogen (secondary N) is 2. The highest BCUT2D eigenvalue weighted by molar-refractivity contribution is 7.92. The standard InChI is InChI=1S/C28H35N3O5S/c1-31(37(2,35)36)23-15-21(11-10-19-8-9-19)14-22(17-23)28(34)30-26(16-20-6-4-3-5-7-20)27(33)25-18-24(32)12-13-29-25/h3-7,10-11,14-15,17,19,25-27,29,33H,8-9,12-13,16,18H2,1-2H3,(H,30,34)/b11-10+. The van der Waals surface area contributed by atoms with Crippen LogP contribution >= 0.6 is 0 Å². The second-order valence-electron chi connectivity index (χ2n) is 10.1. The van der Waals surface area contributed by atoms with Crippen LogP contribution in [-0.2, 0) is 21.2 Å². The molecule has 1 saturated heterocycles. The predicted octanol–water partition coefficient (Wildman–Crippen LogP) is 2.53. The number of Topliss-reactive ketones (excluding diaryl/α,β-unsaturated/α-hetero) is 1. The van der Waals surface area contributed by atoms with Gasteiger partial charge in [0.15, 0.2) is 0 Å². The summed E-state index contributed by atoms with van der Waals surface area (Å²) in [6, 6.07) is 13.4. The van der Waals surface area contributed by atoms with Gasteiger partial charge < -0.3 is 15.7 Å². The molecule has 2 aromatic rings. The lowest BCUT2D eigenvalue weighted by Gasteiger charge is -2.33. The summed E-state index contributed by atoms with van der Waals surface area (Å²) < 4.78 is 25.6. The lowest BCUT2D eigenvalue weighted by molar-refractivity contribution is -0.121. The van der Waals surface area contributed by atoms with E-state index in [1.807, 2.05) is 36.4 Å². The van der Waals surface area contributed by atoms with E-state index in [9.17, 15) is 23.1 Å². The highest BCUT2D eigenvalue weighted by Gasteiger charge is 2.33. The van der Waals surface area contributed by atoms with Gasteiger partial charge in [0.2, 0.25) is 10.0 Å². The number of nitrogens with zero attached hydrogens (tertiary/aromatic N) is 1. The molecule has 198 valence electrons. The monoisotopic (exact) mass is 525 g/mol. The molecular formula is C28H35N3O5S. The van der Waals surface area contributed by atoms with Crippen LogP contribution in [0.2, 0.25) is 0 Å². The summed E-state index contributed by atoms with van der Waals surface area (Å²) in [4.78, 5) is 25.6. The van der Waals surface area contributed by atoms with Crippen LogP contribution < -0.4 is 14.9 Å². The van der Waals surface area contributed by atoms with Crippen LogP contribution in [-0.4, -0.2) is 63.3 Å². The Morgan fingerprint density at radius 3 is 2.59 bits per heavy atom. The number of carbonyl (C=O) groups excluding carboxylic acids is 2. The van der Waals surface area contributed by atoms with Gasteiger partial charge in [-0.1, -0.05) is 42.5 Å². The van der Waals surface area contributed by atoms with Gasteiger partial charge in [-0.25, -0.2) is 8.42 Å². The Bertz CT molecular complexity index is 1260. The lowest BCUT2D eigenvalue weighted by atomic mass is 9.91. The van der Waals surface area contributed by atoms with Gasteiger partial charge >= 0.3 is 0 Å². The number of anilines is 1. The summed E-state index contributed by atoms with van der Waals surface area (Å²) in [6.45, 7) is 0.489. The predicted molar refractivity (Wildman–Crippen MR) is 145 cm³/mol. The van der Waals surface area contributed by atoms with Gasteiger partial charge in [0, 0.05) is 38.0 Å². The van der Waals surface area contributed by atoms with E-state index in [1.165, 1.54) is 7.05 Å². The molecule has 3 N–H and O–H groups in total. The maximum absolute atomic E-state index is 13.5. The first kappa shape index (κ1) is 27.0. The van der Waals surface area contributed by atoms with Gasteiger partial charge in [0.05, 0.1) is 24.1 Å². The van der Waals surface area contributed by atoms with E-state index in [1.54, 1.807) is 18.2 Å². The van der Waals surface area contributed by atoms with Crippen LogP contribution in [0, 0.1) is 5.92 Å². The number of aliphatic hydroxyl groups is 1. The zero-order valence-corrected chi connectivity index (χ0v) is 22.1. The number of ketones is 1. The Hall–Kier alpha value is -3.01. The minimum absolute atomic E-state index is 0.0798. The summed E-state index contributed by atoms with van der Waals surface area (Å²) >= 11 is 0. The molecule has 2 aliphatic rings. The Kier molecular flexibility index (Phi) is 8.46. The van der Waals surface area contributed by atoms with Gasteiger partial charge in [-0.05, 0) is 54.5 Å². The molecule has 1 aliphatic heterocycles. The van der Waals surface area contributed by atoms with Crippen molar-refractivity contribution in [3.05, 3.63) is 71.3 Å². The molecule has 1 saturated carbocycles. The molecule has 4 rings (SSSR count). The average molecular weight is 526 g/mol. The quantitative estimate of drug-likeness (QED) is 0.439. The number of allylic oxidation sites excluding steroid dienone is 1. The van der Waals surface area contributed by atoms with Gasteiger partial charge in [-0.2, -0.15) is 0 Å². The number of sulfonamides is 1. The number of aliphatic hydroxyl groups excluding tert-OH is 1. The second-order valence-corrected chi connectivity index (χ2v) is 12.1. The summed E-state index contributed by atoms with van der Waals surface area (Å²) in [7, 11) is -2.08. The number of carbonyl (C=O) groups is 2. The highest BCUT2D eigenvalue weighted by Crippen LogP contribution is 2.31. The maximum Gasteiger partial charge on any atom is 0.251 e. The van der Waals surface area contributed by atoms with E-state index in [-0.39, 0.29) is 12.2 Å². The Morgan fingerprint density at radius 1 is 1.22 bits per heavy atom. The second kappa shape index (κ2) is 11.6. The molecule has 1 amide bonds. The molecule has 2 fully saturated rings. The number of piperidine rings is 1. The first-order valence-corrected chi connectivity index (χ1v) is 14.5. The molecule has 8 nitrogen and oxygen atoms in total. The smallest absolute Gasteiger partial charge is 0.251 e. The third kappa shape index (κ3) is 7.50. The first-order chi connectivity index (χ1) is 17.6. The fourth-order valence-corrected chi connectivity index (χ4v) is 4.97. The van der Waals surface area contributed by atoms with E-state index in [4.69, 9.17) is 0 Å². The molecule has 1 heterocycles. The van der Waals surface area contributed by atoms with Crippen molar-refractivity contribution in [2.24, 2.45) is 5.92 Å². The van der Waals surface area contributed by atoms with Gasteiger partial charge in [-0.15, -0.1) is 0 Å². The third-order valence-corrected chi connectivity index (χ3v) is 8.15. The Balaban J connectivity index is 1.62. The summed E-state index contributed by atoms with van der Waals surface area (Å²) in [5.41, 5.74) is 2.34. The molecule has 1 aliphatic carbocycles. The van der Waals surface area contributed by atoms with Crippen molar-refractivity contribution in [2.45, 2.75) is 50.3 Å².